The molecule has 1 aliphatic rings. The van der Waals surface area contributed by atoms with E-state index in [0.29, 0.717) is 18.2 Å². The standard InChI is InChI=1S/C15H12F6O5/c1-2-10(22)8-5-7(26-15(19,20)21)3-6-4-9(13(23)24)12(14(16,17)18)25-11(6)8/h3-5,10,12,22H,2H2,1H3,(H,23,24). The zero-order valence-electron chi connectivity index (χ0n) is 13.0. The van der Waals surface area contributed by atoms with Gasteiger partial charge < -0.3 is 19.7 Å². The third-order valence-electron chi connectivity index (χ3n) is 3.47. The molecule has 11 heteroatoms. The number of carboxylic acids is 1. The van der Waals surface area contributed by atoms with Crippen LogP contribution < -0.4 is 9.47 Å². The molecule has 0 saturated heterocycles. The monoisotopic (exact) mass is 386 g/mol. The average Bonchev–Trinajstić information content (AvgIpc) is 2.49. The van der Waals surface area contributed by atoms with E-state index in [9.17, 15) is 36.2 Å². The molecule has 0 aliphatic carbocycles. The van der Waals surface area contributed by atoms with Gasteiger partial charge in [-0.15, -0.1) is 13.2 Å². The van der Waals surface area contributed by atoms with Gasteiger partial charge in [-0.25, -0.2) is 4.79 Å². The van der Waals surface area contributed by atoms with Crippen LogP contribution in [-0.4, -0.2) is 34.8 Å². The molecule has 144 valence electrons. The van der Waals surface area contributed by atoms with Gasteiger partial charge in [0.2, 0.25) is 6.10 Å². The van der Waals surface area contributed by atoms with Crippen molar-refractivity contribution in [2.75, 3.05) is 0 Å². The summed E-state index contributed by atoms with van der Waals surface area (Å²) in [5, 5.41) is 18.9. The molecule has 0 aromatic heterocycles. The van der Waals surface area contributed by atoms with Crippen LogP contribution in [0.15, 0.2) is 17.7 Å². The number of hydrogen-bond acceptors (Lipinski definition) is 4. The Hall–Kier alpha value is -2.43. The van der Waals surface area contributed by atoms with Crippen molar-refractivity contribution >= 4 is 12.0 Å². The van der Waals surface area contributed by atoms with Crippen LogP contribution in [0.1, 0.15) is 30.6 Å². The van der Waals surface area contributed by atoms with Crippen LogP contribution in [0.4, 0.5) is 26.3 Å². The highest BCUT2D eigenvalue weighted by molar-refractivity contribution is 5.95. The summed E-state index contributed by atoms with van der Waals surface area (Å²) in [7, 11) is 0. The fraction of sp³-hybridized carbons (Fsp3) is 0.400. The van der Waals surface area contributed by atoms with Crippen molar-refractivity contribution in [1.82, 2.24) is 0 Å². The molecule has 1 aliphatic heterocycles. The van der Waals surface area contributed by atoms with Gasteiger partial charge in [0.1, 0.15) is 11.5 Å². The lowest BCUT2D eigenvalue weighted by Gasteiger charge is -2.29. The van der Waals surface area contributed by atoms with Crippen LogP contribution in [0.5, 0.6) is 11.5 Å². The Morgan fingerprint density at radius 3 is 2.35 bits per heavy atom. The topological polar surface area (TPSA) is 76.0 Å². The van der Waals surface area contributed by atoms with Crippen molar-refractivity contribution in [2.45, 2.75) is 38.1 Å². The van der Waals surface area contributed by atoms with E-state index in [4.69, 9.17) is 9.84 Å². The first-order valence-electron chi connectivity index (χ1n) is 7.13. The predicted octanol–water partition coefficient (Wildman–Crippen LogP) is 3.82. The number of aliphatic hydroxyl groups is 1. The maximum absolute atomic E-state index is 13.1. The van der Waals surface area contributed by atoms with Crippen molar-refractivity contribution in [3.63, 3.8) is 0 Å². The molecule has 0 fully saturated rings. The number of alkyl halides is 6. The number of ether oxygens (including phenoxy) is 2. The summed E-state index contributed by atoms with van der Waals surface area (Å²) in [4.78, 5) is 11.1. The normalized spacial score (nSPS) is 18.5. The number of aliphatic carboxylic acids is 1. The number of rotatable bonds is 4. The van der Waals surface area contributed by atoms with Crippen molar-refractivity contribution in [3.8, 4) is 11.5 Å². The van der Waals surface area contributed by atoms with Crippen molar-refractivity contribution < 1.29 is 50.8 Å². The Labute approximate surface area is 142 Å². The van der Waals surface area contributed by atoms with Crippen molar-refractivity contribution in [2.24, 2.45) is 0 Å². The predicted molar refractivity (Wildman–Crippen MR) is 74.5 cm³/mol. The van der Waals surface area contributed by atoms with E-state index < -0.39 is 47.8 Å². The largest absolute Gasteiger partial charge is 0.573 e. The van der Waals surface area contributed by atoms with E-state index in [-0.39, 0.29) is 17.5 Å². The Bertz CT molecular complexity index is 737. The second-order valence-corrected chi connectivity index (χ2v) is 5.35. The molecular weight excluding hydrogens is 374 g/mol. The lowest BCUT2D eigenvalue weighted by Crippen LogP contribution is -2.40. The summed E-state index contributed by atoms with van der Waals surface area (Å²) in [6.07, 6.45) is -14.0. The van der Waals surface area contributed by atoms with Crippen molar-refractivity contribution in [1.29, 1.82) is 0 Å². The minimum Gasteiger partial charge on any atom is -0.478 e. The highest BCUT2D eigenvalue weighted by atomic mass is 19.4. The molecule has 5 nitrogen and oxygen atoms in total. The molecule has 1 aromatic carbocycles. The maximum atomic E-state index is 13.1. The molecule has 2 unspecified atom stereocenters. The third kappa shape index (κ3) is 4.21. The summed E-state index contributed by atoms with van der Waals surface area (Å²) >= 11 is 0. The van der Waals surface area contributed by atoms with E-state index in [1.807, 2.05) is 0 Å². The van der Waals surface area contributed by atoms with Crippen molar-refractivity contribution in [3.05, 3.63) is 28.8 Å². The molecule has 1 aromatic rings. The molecule has 26 heavy (non-hydrogen) atoms. The molecule has 0 bridgehead atoms. The number of carbonyl (C=O) groups is 1. The summed E-state index contributed by atoms with van der Waals surface area (Å²) in [5.41, 5.74) is -1.96. The number of carboxylic acid groups (broad SMARTS) is 1. The lowest BCUT2D eigenvalue weighted by atomic mass is 9.95. The summed E-state index contributed by atoms with van der Waals surface area (Å²) in [6.45, 7) is 1.44. The first kappa shape index (κ1) is 19.9. The summed E-state index contributed by atoms with van der Waals surface area (Å²) in [5.74, 6) is -3.33. The van der Waals surface area contributed by atoms with Crippen LogP contribution in [-0.2, 0) is 4.79 Å². The molecule has 1 heterocycles. The number of hydrogen-bond donors (Lipinski definition) is 2. The van der Waals surface area contributed by atoms with E-state index in [0.717, 1.165) is 0 Å². The Balaban J connectivity index is 2.66. The Morgan fingerprint density at radius 1 is 1.27 bits per heavy atom. The molecule has 2 N–H and O–H groups in total. The zero-order chi connectivity index (χ0) is 19.9. The van der Waals surface area contributed by atoms with E-state index >= 15 is 0 Å². The molecule has 0 amide bonds. The van der Waals surface area contributed by atoms with E-state index in [1.54, 1.807) is 0 Å². The third-order valence-corrected chi connectivity index (χ3v) is 3.47. The highest BCUT2D eigenvalue weighted by Gasteiger charge is 2.49. The van der Waals surface area contributed by atoms with Gasteiger partial charge in [0.05, 0.1) is 11.7 Å². The van der Waals surface area contributed by atoms with Crippen LogP contribution in [0.25, 0.3) is 6.08 Å². The fourth-order valence-electron chi connectivity index (χ4n) is 2.39. The van der Waals surface area contributed by atoms with Gasteiger partial charge in [-0.2, -0.15) is 13.2 Å². The van der Waals surface area contributed by atoms with Crippen LogP contribution in [0, 0.1) is 0 Å². The molecule has 0 spiro atoms. The fourth-order valence-corrected chi connectivity index (χ4v) is 2.39. The average molecular weight is 386 g/mol. The van der Waals surface area contributed by atoms with Crippen LogP contribution in [0.3, 0.4) is 0 Å². The minimum absolute atomic E-state index is 0.0442. The SMILES string of the molecule is CCC(O)c1cc(OC(F)(F)F)cc2c1OC(C(F)(F)F)C(C(=O)O)=C2. The first-order chi connectivity index (χ1) is 11.8. The molecule has 2 rings (SSSR count). The number of benzene rings is 1. The van der Waals surface area contributed by atoms with Crippen LogP contribution in [0.2, 0.25) is 0 Å². The van der Waals surface area contributed by atoms with Gasteiger partial charge in [-0.1, -0.05) is 6.92 Å². The minimum atomic E-state index is -5.09. The van der Waals surface area contributed by atoms with Gasteiger partial charge in [0.25, 0.3) is 0 Å². The molecule has 0 saturated carbocycles. The Kier molecular flexibility index (Phi) is 5.13. The summed E-state index contributed by atoms with van der Waals surface area (Å²) in [6, 6.07) is 1.39. The molecule has 0 radical (unpaired) electrons. The molecular formula is C15H12F6O5. The van der Waals surface area contributed by atoms with Gasteiger partial charge in [-0.3, -0.25) is 0 Å². The number of fused-ring (bicyclic) bond motifs is 1. The second-order valence-electron chi connectivity index (χ2n) is 5.35. The molecule has 2 atom stereocenters. The van der Waals surface area contributed by atoms with Gasteiger partial charge in [0.15, 0.2) is 0 Å². The highest BCUT2D eigenvalue weighted by Crippen LogP contribution is 2.44. The summed E-state index contributed by atoms with van der Waals surface area (Å²) < 4.78 is 85.1. The lowest BCUT2D eigenvalue weighted by molar-refractivity contribution is -0.274. The number of aliphatic hydroxyl groups excluding tert-OH is 1. The van der Waals surface area contributed by atoms with Crippen LogP contribution >= 0.6 is 0 Å². The quantitative estimate of drug-likeness (QED) is 0.770. The second kappa shape index (κ2) is 6.71. The van der Waals surface area contributed by atoms with Gasteiger partial charge in [0, 0.05) is 11.1 Å². The maximum Gasteiger partial charge on any atom is 0.573 e. The Morgan fingerprint density at radius 2 is 1.88 bits per heavy atom. The van der Waals surface area contributed by atoms with Gasteiger partial charge in [-0.05, 0) is 24.6 Å². The number of halogens is 6. The van der Waals surface area contributed by atoms with E-state index in [1.165, 1.54) is 6.92 Å². The zero-order valence-corrected chi connectivity index (χ0v) is 13.0. The first-order valence-corrected chi connectivity index (χ1v) is 7.13. The van der Waals surface area contributed by atoms with Gasteiger partial charge >= 0.3 is 18.5 Å². The smallest absolute Gasteiger partial charge is 0.478 e. The van der Waals surface area contributed by atoms with E-state index in [2.05, 4.69) is 4.74 Å².